The Bertz CT molecular complexity index is 437. The highest BCUT2D eigenvalue weighted by atomic mass is 16.1. The van der Waals surface area contributed by atoms with Crippen molar-refractivity contribution in [2.24, 2.45) is 0 Å². The maximum Gasteiger partial charge on any atom is 0.133 e. The topological polar surface area (TPSA) is 32.9 Å². The maximum absolute atomic E-state index is 11.2. The van der Waals surface area contributed by atoms with Gasteiger partial charge in [-0.1, -0.05) is 25.1 Å². The second-order valence-corrected chi connectivity index (χ2v) is 3.77. The number of hydrogen-bond acceptors (Lipinski definition) is 1. The number of H-pyrrole nitrogens is 1. The normalized spacial score (nSPS) is 10.7. The summed E-state index contributed by atoms with van der Waals surface area (Å²) in [6.45, 7) is 1.91. The Kier molecular flexibility index (Phi) is 2.86. The number of benzene rings is 1. The molecule has 1 N–H and O–H groups in total. The molecule has 1 aromatic carbocycles. The molecule has 0 radical (unpaired) electrons. The van der Waals surface area contributed by atoms with Gasteiger partial charge in [0.15, 0.2) is 0 Å². The number of Topliss-reactive ketones (excluding diaryl/α,β-unsaturated/α-hetero) is 1. The molecule has 0 aliphatic carbocycles. The molecule has 1 heterocycles. The minimum absolute atomic E-state index is 0.327. The van der Waals surface area contributed by atoms with Crippen molar-refractivity contribution in [2.45, 2.75) is 26.2 Å². The SMILES string of the molecule is CCC(=O)CCc1cc2ccccc2[nH]1. The number of hydrogen-bond donors (Lipinski definition) is 1. The summed E-state index contributed by atoms with van der Waals surface area (Å²) >= 11 is 0. The average molecular weight is 201 g/mol. The lowest BCUT2D eigenvalue weighted by Crippen LogP contribution is -1.97. The lowest BCUT2D eigenvalue weighted by molar-refractivity contribution is -0.118. The standard InChI is InChI=1S/C13H15NO/c1-2-12(15)8-7-11-9-10-5-3-4-6-13(10)14-11/h3-6,9,14H,2,7-8H2,1H3. The Morgan fingerprint density at radius 3 is 2.87 bits per heavy atom. The van der Waals surface area contributed by atoms with Gasteiger partial charge < -0.3 is 4.98 Å². The summed E-state index contributed by atoms with van der Waals surface area (Å²) in [6.07, 6.45) is 2.10. The van der Waals surface area contributed by atoms with Gasteiger partial charge in [-0.2, -0.15) is 0 Å². The summed E-state index contributed by atoms with van der Waals surface area (Å²) in [5, 5.41) is 1.22. The number of aryl methyl sites for hydroxylation is 1. The summed E-state index contributed by atoms with van der Waals surface area (Å²) in [5.41, 5.74) is 2.30. The van der Waals surface area contributed by atoms with Gasteiger partial charge in [-0.25, -0.2) is 0 Å². The molecule has 0 spiro atoms. The first kappa shape index (κ1) is 9.97. The zero-order valence-corrected chi connectivity index (χ0v) is 8.92. The van der Waals surface area contributed by atoms with Crippen LogP contribution in [0.4, 0.5) is 0 Å². The van der Waals surface area contributed by atoms with Gasteiger partial charge in [0.05, 0.1) is 0 Å². The molecule has 1 aromatic heterocycles. The molecule has 0 amide bonds. The van der Waals surface area contributed by atoms with Crippen LogP contribution in [0.5, 0.6) is 0 Å². The smallest absolute Gasteiger partial charge is 0.133 e. The summed E-state index contributed by atoms with van der Waals surface area (Å²) in [6, 6.07) is 10.3. The molecule has 0 aliphatic rings. The Morgan fingerprint density at radius 2 is 2.13 bits per heavy atom. The molecule has 2 nitrogen and oxygen atoms in total. The van der Waals surface area contributed by atoms with Crippen molar-refractivity contribution in [3.8, 4) is 0 Å². The molecule has 0 fully saturated rings. The van der Waals surface area contributed by atoms with Gasteiger partial charge in [-0.05, 0) is 23.9 Å². The maximum atomic E-state index is 11.2. The van der Waals surface area contributed by atoms with Crippen molar-refractivity contribution < 1.29 is 4.79 Å². The average Bonchev–Trinajstić information content (AvgIpc) is 2.68. The third kappa shape index (κ3) is 2.27. The zero-order valence-electron chi connectivity index (χ0n) is 8.92. The predicted molar refractivity (Wildman–Crippen MR) is 61.9 cm³/mol. The van der Waals surface area contributed by atoms with Gasteiger partial charge in [0.1, 0.15) is 5.78 Å². The van der Waals surface area contributed by atoms with Crippen LogP contribution in [-0.4, -0.2) is 10.8 Å². The van der Waals surface area contributed by atoms with Crippen LogP contribution in [0.15, 0.2) is 30.3 Å². The third-order valence-corrected chi connectivity index (χ3v) is 2.65. The minimum atomic E-state index is 0.327. The molecule has 2 rings (SSSR count). The van der Waals surface area contributed by atoms with Crippen molar-refractivity contribution in [1.29, 1.82) is 0 Å². The Morgan fingerprint density at radius 1 is 1.33 bits per heavy atom. The van der Waals surface area contributed by atoms with E-state index in [9.17, 15) is 4.79 Å². The van der Waals surface area contributed by atoms with Crippen molar-refractivity contribution in [1.82, 2.24) is 4.98 Å². The summed E-state index contributed by atoms with van der Waals surface area (Å²) in [5.74, 6) is 0.327. The van der Waals surface area contributed by atoms with Crippen LogP contribution >= 0.6 is 0 Å². The summed E-state index contributed by atoms with van der Waals surface area (Å²) in [7, 11) is 0. The van der Waals surface area contributed by atoms with E-state index in [-0.39, 0.29) is 0 Å². The molecule has 2 heteroatoms. The predicted octanol–water partition coefficient (Wildman–Crippen LogP) is 3.08. The van der Waals surface area contributed by atoms with Gasteiger partial charge in [0.25, 0.3) is 0 Å². The minimum Gasteiger partial charge on any atom is -0.358 e. The number of carbonyl (C=O) groups is 1. The lowest BCUT2D eigenvalue weighted by atomic mass is 10.1. The zero-order chi connectivity index (χ0) is 10.7. The van der Waals surface area contributed by atoms with Crippen LogP contribution in [-0.2, 0) is 11.2 Å². The van der Waals surface area contributed by atoms with Gasteiger partial charge in [-0.3, -0.25) is 4.79 Å². The number of nitrogens with one attached hydrogen (secondary N) is 1. The fraction of sp³-hybridized carbons (Fsp3) is 0.308. The van der Waals surface area contributed by atoms with Crippen LogP contribution in [0.2, 0.25) is 0 Å². The van der Waals surface area contributed by atoms with Crippen LogP contribution in [0.3, 0.4) is 0 Å². The monoisotopic (exact) mass is 201 g/mol. The highest BCUT2D eigenvalue weighted by Crippen LogP contribution is 2.15. The third-order valence-electron chi connectivity index (χ3n) is 2.65. The molecule has 0 saturated carbocycles. The summed E-state index contributed by atoms with van der Waals surface area (Å²) < 4.78 is 0. The number of ketones is 1. The van der Waals surface area contributed by atoms with E-state index < -0.39 is 0 Å². The van der Waals surface area contributed by atoms with Crippen LogP contribution in [0.1, 0.15) is 25.5 Å². The number of para-hydroxylation sites is 1. The Labute approximate surface area is 89.3 Å². The van der Waals surface area contributed by atoms with E-state index in [0.717, 1.165) is 17.6 Å². The second-order valence-electron chi connectivity index (χ2n) is 3.77. The Balaban J connectivity index is 2.12. The van der Waals surface area contributed by atoms with Crippen molar-refractivity contribution in [3.63, 3.8) is 0 Å². The molecule has 0 saturated heterocycles. The van der Waals surface area contributed by atoms with Gasteiger partial charge in [-0.15, -0.1) is 0 Å². The van der Waals surface area contributed by atoms with E-state index in [1.54, 1.807) is 0 Å². The van der Waals surface area contributed by atoms with E-state index in [1.807, 2.05) is 19.1 Å². The van der Waals surface area contributed by atoms with Crippen LogP contribution < -0.4 is 0 Å². The highest BCUT2D eigenvalue weighted by molar-refractivity contribution is 5.81. The Hall–Kier alpha value is -1.57. The first-order chi connectivity index (χ1) is 7.29. The molecule has 78 valence electrons. The molecule has 2 aromatic rings. The second kappa shape index (κ2) is 4.30. The van der Waals surface area contributed by atoms with Gasteiger partial charge >= 0.3 is 0 Å². The highest BCUT2D eigenvalue weighted by Gasteiger charge is 2.02. The number of aromatic nitrogens is 1. The number of carbonyl (C=O) groups excluding carboxylic acids is 1. The number of aromatic amines is 1. The van der Waals surface area contributed by atoms with E-state index in [1.165, 1.54) is 5.39 Å². The molecular weight excluding hydrogens is 186 g/mol. The van der Waals surface area contributed by atoms with Crippen molar-refractivity contribution >= 4 is 16.7 Å². The quantitative estimate of drug-likeness (QED) is 0.810. The molecule has 0 bridgehead atoms. The first-order valence-corrected chi connectivity index (χ1v) is 5.38. The largest absolute Gasteiger partial charge is 0.358 e. The first-order valence-electron chi connectivity index (χ1n) is 5.38. The van der Waals surface area contributed by atoms with Crippen LogP contribution in [0, 0.1) is 0 Å². The summed E-state index contributed by atoms with van der Waals surface area (Å²) in [4.78, 5) is 14.5. The van der Waals surface area contributed by atoms with Crippen molar-refractivity contribution in [2.75, 3.05) is 0 Å². The van der Waals surface area contributed by atoms with E-state index in [0.29, 0.717) is 18.6 Å². The van der Waals surface area contributed by atoms with E-state index in [4.69, 9.17) is 0 Å². The molecule has 0 atom stereocenters. The van der Waals surface area contributed by atoms with Gasteiger partial charge in [0, 0.05) is 24.1 Å². The molecular formula is C13H15NO. The number of fused-ring (bicyclic) bond motifs is 1. The molecule has 15 heavy (non-hydrogen) atoms. The number of rotatable bonds is 4. The lowest BCUT2D eigenvalue weighted by Gasteiger charge is -1.95. The van der Waals surface area contributed by atoms with E-state index >= 15 is 0 Å². The van der Waals surface area contributed by atoms with Gasteiger partial charge in [0.2, 0.25) is 0 Å². The van der Waals surface area contributed by atoms with Crippen molar-refractivity contribution in [3.05, 3.63) is 36.0 Å². The molecule has 0 aliphatic heterocycles. The fourth-order valence-electron chi connectivity index (χ4n) is 1.72. The van der Waals surface area contributed by atoms with Crippen LogP contribution in [0.25, 0.3) is 10.9 Å². The van der Waals surface area contributed by atoms with E-state index in [2.05, 4.69) is 23.2 Å². The molecule has 0 unspecified atom stereocenters. The fourth-order valence-corrected chi connectivity index (χ4v) is 1.72.